The minimum atomic E-state index is -3.92. The molecule has 3 N–H and O–H groups in total. The molecule has 13 nitrogen and oxygen atoms in total. The van der Waals surface area contributed by atoms with Gasteiger partial charge in [0.15, 0.2) is 5.69 Å². The van der Waals surface area contributed by atoms with E-state index < -0.39 is 14.8 Å². The molecule has 14 heteroatoms. The number of hydrogen-bond acceptors (Lipinski definition) is 8. The van der Waals surface area contributed by atoms with Gasteiger partial charge in [-0.2, -0.15) is 5.10 Å². The Morgan fingerprint density at radius 2 is 1.79 bits per heavy atom. The van der Waals surface area contributed by atoms with Crippen molar-refractivity contribution in [3.8, 4) is 0 Å². The standard InChI is InChI=1S/C28H32N8O5S/c1-18(37)31-22-5-4-6-23(32-22)34-42(40,41)28(12-13-28)17-36-14-11-21-24(33-35(3)25(21)27(36)39)26(38)30-16-20-9-7-19(8-10-20)15-29-2/h4-10H,2,11-17H2,1,3H3,(H,30,38)(H2,31,32,34,37). The highest BCUT2D eigenvalue weighted by molar-refractivity contribution is 7.94. The molecule has 1 aliphatic heterocycles. The number of benzene rings is 1. The molecule has 1 aromatic carbocycles. The van der Waals surface area contributed by atoms with E-state index in [1.54, 1.807) is 19.2 Å². The number of amides is 3. The zero-order valence-electron chi connectivity index (χ0n) is 23.4. The SMILES string of the molecule is C=NCc1ccc(CNC(=O)c2nn(C)c3c2CCN(CC2(S(=O)(=O)Nc4cccc(NC(C)=O)n4)CC2)C3=O)cc1. The van der Waals surface area contributed by atoms with Crippen LogP contribution in [-0.4, -0.2) is 70.4 Å². The molecule has 3 aromatic rings. The fourth-order valence-electron chi connectivity index (χ4n) is 5.05. The molecule has 0 unspecified atom stereocenters. The van der Waals surface area contributed by atoms with Crippen LogP contribution in [0, 0.1) is 0 Å². The Labute approximate surface area is 243 Å². The van der Waals surface area contributed by atoms with Crippen LogP contribution in [0.5, 0.6) is 0 Å². The van der Waals surface area contributed by atoms with Gasteiger partial charge < -0.3 is 15.5 Å². The smallest absolute Gasteiger partial charge is 0.272 e. The molecule has 2 aromatic heterocycles. The summed E-state index contributed by atoms with van der Waals surface area (Å²) in [6.07, 6.45) is 1.13. The number of aliphatic imine (C=N–C) groups is 1. The topological polar surface area (TPSA) is 168 Å². The second kappa shape index (κ2) is 11.4. The van der Waals surface area contributed by atoms with E-state index in [0.29, 0.717) is 37.9 Å². The van der Waals surface area contributed by atoms with Gasteiger partial charge >= 0.3 is 0 Å². The molecule has 1 fully saturated rings. The van der Waals surface area contributed by atoms with E-state index >= 15 is 0 Å². The monoisotopic (exact) mass is 592 g/mol. The van der Waals surface area contributed by atoms with Crippen molar-refractivity contribution in [3.63, 3.8) is 0 Å². The van der Waals surface area contributed by atoms with E-state index in [0.717, 1.165) is 11.1 Å². The summed E-state index contributed by atoms with van der Waals surface area (Å²) < 4.78 is 29.5. The van der Waals surface area contributed by atoms with Gasteiger partial charge in [-0.1, -0.05) is 30.3 Å². The van der Waals surface area contributed by atoms with Gasteiger partial charge in [0.2, 0.25) is 15.9 Å². The average Bonchev–Trinajstić information content (AvgIpc) is 3.66. The summed E-state index contributed by atoms with van der Waals surface area (Å²) in [4.78, 5) is 47.4. The fraction of sp³-hybridized carbons (Fsp3) is 0.357. The molecule has 3 amide bonds. The van der Waals surface area contributed by atoms with Crippen LogP contribution >= 0.6 is 0 Å². The number of aryl methyl sites for hydroxylation is 1. The van der Waals surface area contributed by atoms with Gasteiger partial charge in [-0.3, -0.25) is 28.8 Å². The molecule has 1 aliphatic carbocycles. The van der Waals surface area contributed by atoms with Gasteiger partial charge in [0.25, 0.3) is 11.8 Å². The summed E-state index contributed by atoms with van der Waals surface area (Å²) in [7, 11) is -2.32. The van der Waals surface area contributed by atoms with E-state index in [-0.39, 0.29) is 53.8 Å². The summed E-state index contributed by atoms with van der Waals surface area (Å²) in [5, 5.41) is 9.74. The van der Waals surface area contributed by atoms with Crippen molar-refractivity contribution in [1.29, 1.82) is 0 Å². The molecule has 1 saturated carbocycles. The van der Waals surface area contributed by atoms with Crippen molar-refractivity contribution < 1.29 is 22.8 Å². The van der Waals surface area contributed by atoms with Crippen LogP contribution in [0.4, 0.5) is 11.6 Å². The first-order chi connectivity index (χ1) is 20.0. The van der Waals surface area contributed by atoms with Gasteiger partial charge in [-0.15, -0.1) is 0 Å². The normalized spacial score (nSPS) is 15.5. The molecule has 0 atom stereocenters. The third-order valence-corrected chi connectivity index (χ3v) is 9.56. The first-order valence-electron chi connectivity index (χ1n) is 13.4. The Morgan fingerprint density at radius 3 is 2.45 bits per heavy atom. The molecular formula is C28H32N8O5S. The van der Waals surface area contributed by atoms with E-state index in [4.69, 9.17) is 0 Å². The van der Waals surface area contributed by atoms with Gasteiger partial charge in [-0.25, -0.2) is 13.4 Å². The molecule has 2 aliphatic rings. The zero-order chi connectivity index (χ0) is 30.1. The number of anilines is 2. The first-order valence-corrected chi connectivity index (χ1v) is 14.9. The highest BCUT2D eigenvalue weighted by Gasteiger charge is 2.56. The molecule has 220 valence electrons. The predicted octanol–water partition coefficient (Wildman–Crippen LogP) is 1.88. The van der Waals surface area contributed by atoms with Crippen molar-refractivity contribution in [3.05, 3.63) is 70.5 Å². The van der Waals surface area contributed by atoms with Crippen LogP contribution in [0.3, 0.4) is 0 Å². The van der Waals surface area contributed by atoms with E-state index in [1.807, 2.05) is 24.3 Å². The molecule has 42 heavy (non-hydrogen) atoms. The van der Waals surface area contributed by atoms with Crippen LogP contribution in [0.25, 0.3) is 0 Å². The summed E-state index contributed by atoms with van der Waals surface area (Å²) in [5.74, 6) is -0.784. The lowest BCUT2D eigenvalue weighted by molar-refractivity contribution is -0.114. The van der Waals surface area contributed by atoms with Crippen LogP contribution in [0.2, 0.25) is 0 Å². The Bertz CT molecular complexity index is 1660. The summed E-state index contributed by atoms with van der Waals surface area (Å²) in [6, 6.07) is 12.3. The lowest BCUT2D eigenvalue weighted by Crippen LogP contribution is -2.47. The predicted molar refractivity (Wildman–Crippen MR) is 157 cm³/mol. The van der Waals surface area contributed by atoms with Crippen molar-refractivity contribution in [2.24, 2.45) is 12.0 Å². The van der Waals surface area contributed by atoms with Crippen molar-refractivity contribution in [2.75, 3.05) is 23.1 Å². The maximum atomic E-state index is 13.5. The summed E-state index contributed by atoms with van der Waals surface area (Å²) in [5.41, 5.74) is 2.94. The second-order valence-electron chi connectivity index (χ2n) is 10.5. The Kier molecular flexibility index (Phi) is 7.82. The quantitative estimate of drug-likeness (QED) is 0.286. The van der Waals surface area contributed by atoms with Crippen molar-refractivity contribution in [2.45, 2.75) is 44.0 Å². The van der Waals surface area contributed by atoms with Crippen LogP contribution in [-0.2, 0) is 41.4 Å². The Hall–Kier alpha value is -4.59. The third kappa shape index (κ3) is 5.88. The van der Waals surface area contributed by atoms with Gasteiger partial charge in [0, 0.05) is 39.2 Å². The van der Waals surface area contributed by atoms with Crippen molar-refractivity contribution in [1.82, 2.24) is 25.0 Å². The second-order valence-corrected chi connectivity index (χ2v) is 12.6. The van der Waals surface area contributed by atoms with E-state index in [2.05, 4.69) is 37.1 Å². The largest absolute Gasteiger partial charge is 0.347 e. The first kappa shape index (κ1) is 28.9. The number of pyridine rings is 1. The highest BCUT2D eigenvalue weighted by Crippen LogP contribution is 2.45. The molecular weight excluding hydrogens is 560 g/mol. The number of nitrogens with zero attached hydrogens (tertiary/aromatic N) is 5. The lowest BCUT2D eigenvalue weighted by Gasteiger charge is -2.31. The zero-order valence-corrected chi connectivity index (χ0v) is 24.2. The van der Waals surface area contributed by atoms with Crippen LogP contribution in [0.15, 0.2) is 47.5 Å². The molecule has 0 spiro atoms. The minimum absolute atomic E-state index is 0.00390. The number of nitrogens with one attached hydrogen (secondary N) is 3. The van der Waals surface area contributed by atoms with Crippen LogP contribution < -0.4 is 15.4 Å². The summed E-state index contributed by atoms with van der Waals surface area (Å²) >= 11 is 0. The van der Waals surface area contributed by atoms with Crippen LogP contribution in [0.1, 0.15) is 57.4 Å². The van der Waals surface area contributed by atoms with E-state index in [9.17, 15) is 22.8 Å². The molecule has 5 rings (SSSR count). The number of rotatable bonds is 11. The van der Waals surface area contributed by atoms with Gasteiger partial charge in [-0.05, 0) is 49.2 Å². The summed E-state index contributed by atoms with van der Waals surface area (Å²) in [6.45, 7) is 5.89. The molecule has 3 heterocycles. The fourth-order valence-corrected chi connectivity index (χ4v) is 6.62. The van der Waals surface area contributed by atoms with E-state index in [1.165, 1.54) is 22.6 Å². The molecule has 0 bridgehead atoms. The highest BCUT2D eigenvalue weighted by atomic mass is 32.2. The minimum Gasteiger partial charge on any atom is -0.347 e. The number of sulfonamides is 1. The number of carbonyl (C=O) groups excluding carboxylic acids is 3. The maximum absolute atomic E-state index is 13.5. The van der Waals surface area contributed by atoms with Gasteiger partial charge in [0.05, 0.1) is 6.54 Å². The average molecular weight is 593 g/mol. The number of aromatic nitrogens is 3. The Balaban J connectivity index is 1.26. The molecule has 0 radical (unpaired) electrons. The molecule has 0 saturated heterocycles. The number of carbonyl (C=O) groups is 3. The number of hydrogen-bond donors (Lipinski definition) is 3. The third-order valence-electron chi connectivity index (χ3n) is 7.40. The maximum Gasteiger partial charge on any atom is 0.272 e. The van der Waals surface area contributed by atoms with Gasteiger partial charge in [0.1, 0.15) is 22.1 Å². The number of fused-ring (bicyclic) bond motifs is 1. The Morgan fingerprint density at radius 1 is 1.10 bits per heavy atom. The lowest BCUT2D eigenvalue weighted by atomic mass is 10.0. The van der Waals surface area contributed by atoms with Crippen molar-refractivity contribution >= 4 is 46.1 Å².